The number of carbonyl (C=O) groups is 1. The third kappa shape index (κ3) is 18.3. The Morgan fingerprint density at radius 1 is 1.38 bits per heavy atom. The third-order valence-corrected chi connectivity index (χ3v) is 1.41. The first kappa shape index (κ1) is 14.7. The van der Waals surface area contributed by atoms with Gasteiger partial charge in [0.2, 0.25) is 5.91 Å². The minimum absolute atomic E-state index is 0.481. The van der Waals surface area contributed by atoms with E-state index < -0.39 is 5.91 Å². The third-order valence-electron chi connectivity index (χ3n) is 1.41. The second kappa shape index (κ2) is 11.2. The molecule has 0 atom stereocenters. The van der Waals surface area contributed by atoms with Crippen LogP contribution in [-0.2, 0) is 4.79 Å². The van der Waals surface area contributed by atoms with E-state index in [1.807, 2.05) is 0 Å². The van der Waals surface area contributed by atoms with Crippen LogP contribution < -0.4 is 5.73 Å². The fraction of sp³-hybridized carbons (Fsp3) is 0.700. The number of nitrogens with two attached hydrogens (primary N) is 1. The number of primary amides is 1. The molecule has 0 aliphatic carbocycles. The summed E-state index contributed by atoms with van der Waals surface area (Å²) in [7, 11) is 2.17. The number of rotatable bonds is 5. The molecule has 0 aromatic heterocycles. The highest BCUT2D eigenvalue weighted by atomic mass is 16.1. The molecule has 0 heterocycles. The fourth-order valence-electron chi connectivity index (χ4n) is 0.875. The highest BCUT2D eigenvalue weighted by Crippen LogP contribution is 1.86. The fourth-order valence-corrected chi connectivity index (χ4v) is 0.875. The highest BCUT2D eigenvalue weighted by Gasteiger charge is 1.90. The lowest BCUT2D eigenvalue weighted by molar-refractivity contribution is -0.113. The molecule has 0 aliphatic heterocycles. The molecule has 0 bridgehead atoms. The average molecular weight is 186 g/mol. The van der Waals surface area contributed by atoms with E-state index >= 15 is 0 Å². The zero-order valence-corrected chi connectivity index (χ0v) is 9.05. The van der Waals surface area contributed by atoms with Crippen LogP contribution in [0.2, 0.25) is 0 Å². The molecule has 13 heavy (non-hydrogen) atoms. The van der Waals surface area contributed by atoms with Gasteiger partial charge in [0.15, 0.2) is 0 Å². The molecule has 3 nitrogen and oxygen atoms in total. The summed E-state index contributed by atoms with van der Waals surface area (Å²) in [6.07, 6.45) is 3.60. The summed E-state index contributed by atoms with van der Waals surface area (Å²) in [6, 6.07) is 0. The first-order valence-corrected chi connectivity index (χ1v) is 4.68. The van der Waals surface area contributed by atoms with Gasteiger partial charge >= 0.3 is 0 Å². The van der Waals surface area contributed by atoms with Crippen LogP contribution in [0.15, 0.2) is 12.7 Å². The molecule has 0 spiro atoms. The van der Waals surface area contributed by atoms with Crippen molar-refractivity contribution in [3.8, 4) is 0 Å². The van der Waals surface area contributed by atoms with Crippen LogP contribution in [0, 0.1) is 0 Å². The standard InChI is InChI=1S/C7H17N.C3H5NO/c1-4-6-8(3)7-5-2;1-2-3(4)5/h4-7H2,1-3H3;2H,1H2,(H2,4,5). The van der Waals surface area contributed by atoms with E-state index in [1.165, 1.54) is 25.9 Å². The average Bonchev–Trinajstić information content (AvgIpc) is 2.06. The molecule has 0 aliphatic rings. The number of hydrogen-bond acceptors (Lipinski definition) is 2. The molecule has 2 N–H and O–H groups in total. The van der Waals surface area contributed by atoms with Crippen LogP contribution in [0.3, 0.4) is 0 Å². The second-order valence-corrected chi connectivity index (χ2v) is 2.91. The van der Waals surface area contributed by atoms with Crippen molar-refractivity contribution >= 4 is 5.91 Å². The van der Waals surface area contributed by atoms with Gasteiger partial charge in [-0.3, -0.25) is 4.79 Å². The van der Waals surface area contributed by atoms with Crippen molar-refractivity contribution in [1.29, 1.82) is 0 Å². The predicted molar refractivity (Wildman–Crippen MR) is 57.5 cm³/mol. The Hall–Kier alpha value is -0.830. The SMILES string of the molecule is C=CC(N)=O.CCCN(C)CCC. The van der Waals surface area contributed by atoms with Crippen molar-refractivity contribution < 1.29 is 4.79 Å². The van der Waals surface area contributed by atoms with Gasteiger partial charge in [-0.25, -0.2) is 0 Å². The van der Waals surface area contributed by atoms with E-state index in [9.17, 15) is 4.79 Å². The molecule has 78 valence electrons. The molecule has 0 saturated carbocycles. The van der Waals surface area contributed by atoms with E-state index in [0.717, 1.165) is 6.08 Å². The maximum Gasteiger partial charge on any atom is 0.240 e. The summed E-state index contributed by atoms with van der Waals surface area (Å²) in [6.45, 7) is 10.0. The molecular formula is C10H22N2O. The van der Waals surface area contributed by atoms with Crippen LogP contribution >= 0.6 is 0 Å². The largest absolute Gasteiger partial charge is 0.366 e. The van der Waals surface area contributed by atoms with Crippen molar-refractivity contribution in [3.63, 3.8) is 0 Å². The van der Waals surface area contributed by atoms with E-state index in [0.29, 0.717) is 0 Å². The lowest BCUT2D eigenvalue weighted by Gasteiger charge is -2.12. The molecule has 3 heteroatoms. The Morgan fingerprint density at radius 2 is 1.69 bits per heavy atom. The maximum absolute atomic E-state index is 9.47. The quantitative estimate of drug-likeness (QED) is 0.660. The minimum atomic E-state index is -0.481. The molecule has 0 unspecified atom stereocenters. The summed E-state index contributed by atoms with van der Waals surface area (Å²) >= 11 is 0. The molecule has 1 amide bonds. The van der Waals surface area contributed by atoms with Crippen LogP contribution in [-0.4, -0.2) is 30.9 Å². The molecule has 0 radical (unpaired) electrons. The van der Waals surface area contributed by atoms with Gasteiger partial charge in [-0.05, 0) is 39.1 Å². The Bertz CT molecular complexity index is 129. The monoisotopic (exact) mass is 186 g/mol. The van der Waals surface area contributed by atoms with Gasteiger partial charge in [0.05, 0.1) is 0 Å². The topological polar surface area (TPSA) is 46.3 Å². The first-order valence-electron chi connectivity index (χ1n) is 4.68. The van der Waals surface area contributed by atoms with Crippen LogP contribution in [0.1, 0.15) is 26.7 Å². The van der Waals surface area contributed by atoms with E-state index in [1.54, 1.807) is 0 Å². The van der Waals surface area contributed by atoms with Crippen molar-refractivity contribution in [1.82, 2.24) is 4.90 Å². The number of carbonyl (C=O) groups excluding carboxylic acids is 1. The van der Waals surface area contributed by atoms with Gasteiger partial charge in [-0.1, -0.05) is 20.4 Å². The zero-order valence-electron chi connectivity index (χ0n) is 9.05. The molecule has 0 fully saturated rings. The summed E-state index contributed by atoms with van der Waals surface area (Å²) in [5.74, 6) is -0.481. The molecule has 0 aromatic rings. The van der Waals surface area contributed by atoms with Crippen molar-refractivity contribution in [2.45, 2.75) is 26.7 Å². The smallest absolute Gasteiger partial charge is 0.240 e. The highest BCUT2D eigenvalue weighted by molar-refractivity contribution is 5.84. The number of nitrogens with zero attached hydrogens (tertiary/aromatic N) is 1. The summed E-state index contributed by atoms with van der Waals surface area (Å²) < 4.78 is 0. The Kier molecular flexibility index (Phi) is 12.6. The molecule has 0 rings (SSSR count). The van der Waals surface area contributed by atoms with Gasteiger partial charge in [-0.2, -0.15) is 0 Å². The zero-order chi connectivity index (χ0) is 10.7. The summed E-state index contributed by atoms with van der Waals surface area (Å²) in [5.41, 5.74) is 4.53. The van der Waals surface area contributed by atoms with Crippen molar-refractivity contribution in [3.05, 3.63) is 12.7 Å². The summed E-state index contributed by atoms with van der Waals surface area (Å²) in [5, 5.41) is 0. The van der Waals surface area contributed by atoms with Gasteiger partial charge in [0.25, 0.3) is 0 Å². The predicted octanol–water partition coefficient (Wildman–Crippen LogP) is 1.40. The Morgan fingerprint density at radius 3 is 1.85 bits per heavy atom. The summed E-state index contributed by atoms with van der Waals surface area (Å²) in [4.78, 5) is 11.8. The lowest BCUT2D eigenvalue weighted by Crippen LogP contribution is -2.19. The van der Waals surface area contributed by atoms with Crippen molar-refractivity contribution in [2.75, 3.05) is 20.1 Å². The van der Waals surface area contributed by atoms with Gasteiger partial charge in [-0.15, -0.1) is 0 Å². The van der Waals surface area contributed by atoms with E-state index in [2.05, 4.69) is 38.1 Å². The molecule has 0 saturated heterocycles. The maximum atomic E-state index is 9.47. The Balaban J connectivity index is 0. The minimum Gasteiger partial charge on any atom is -0.366 e. The molecular weight excluding hydrogens is 164 g/mol. The van der Waals surface area contributed by atoms with Gasteiger partial charge < -0.3 is 10.6 Å². The van der Waals surface area contributed by atoms with Crippen LogP contribution in [0.5, 0.6) is 0 Å². The van der Waals surface area contributed by atoms with Gasteiger partial charge in [0.1, 0.15) is 0 Å². The first-order chi connectivity index (χ1) is 6.08. The lowest BCUT2D eigenvalue weighted by atomic mass is 10.4. The van der Waals surface area contributed by atoms with Gasteiger partial charge in [0, 0.05) is 0 Å². The molecule has 0 aromatic carbocycles. The van der Waals surface area contributed by atoms with Crippen LogP contribution in [0.4, 0.5) is 0 Å². The number of hydrogen-bond donors (Lipinski definition) is 1. The van der Waals surface area contributed by atoms with E-state index in [4.69, 9.17) is 0 Å². The Labute approximate surface area is 81.6 Å². The second-order valence-electron chi connectivity index (χ2n) is 2.91. The van der Waals surface area contributed by atoms with E-state index in [-0.39, 0.29) is 0 Å². The number of amides is 1. The van der Waals surface area contributed by atoms with Crippen molar-refractivity contribution in [2.24, 2.45) is 5.73 Å². The normalized spacial score (nSPS) is 8.92. The van der Waals surface area contributed by atoms with Crippen LogP contribution in [0.25, 0.3) is 0 Å².